The molecule has 0 aromatic heterocycles. The Morgan fingerprint density at radius 1 is 1.05 bits per heavy atom. The number of rotatable bonds is 2. The van der Waals surface area contributed by atoms with Gasteiger partial charge < -0.3 is 9.47 Å². The molecule has 3 rings (SSSR count). The lowest BCUT2D eigenvalue weighted by atomic mass is 10.0. The monoisotopic (exact) mass is 444 g/mol. The van der Waals surface area contributed by atoms with Gasteiger partial charge in [0, 0.05) is 19.2 Å². The Labute approximate surface area is 138 Å². The minimum atomic E-state index is -0.0368. The Hall–Kier alpha value is -1.08. The highest BCUT2D eigenvalue weighted by molar-refractivity contribution is 14.1. The summed E-state index contributed by atoms with van der Waals surface area (Å²) in [5, 5.41) is 0. The minimum Gasteiger partial charge on any atom is -0.486 e. The molecule has 0 saturated carbocycles. The first-order valence-electron chi connectivity index (χ1n) is 6.04. The highest BCUT2D eigenvalue weighted by Crippen LogP contribution is 2.36. The van der Waals surface area contributed by atoms with Crippen LogP contribution in [0, 0.1) is 3.57 Å². The van der Waals surface area contributed by atoms with Gasteiger partial charge in [-0.15, -0.1) is 0 Å². The third-order valence-corrected chi connectivity index (χ3v) is 4.36. The molecule has 0 atom stereocenters. The summed E-state index contributed by atoms with van der Waals surface area (Å²) >= 11 is 5.64. The van der Waals surface area contributed by atoms with Crippen LogP contribution in [0.1, 0.15) is 15.9 Å². The largest absolute Gasteiger partial charge is 0.486 e. The van der Waals surface area contributed by atoms with Gasteiger partial charge in [-0.1, -0.05) is 0 Å². The summed E-state index contributed by atoms with van der Waals surface area (Å²) in [7, 11) is 0. The zero-order chi connectivity index (χ0) is 14.1. The predicted molar refractivity (Wildman–Crippen MR) is 87.7 cm³/mol. The van der Waals surface area contributed by atoms with E-state index in [0.29, 0.717) is 40.3 Å². The third kappa shape index (κ3) is 2.69. The van der Waals surface area contributed by atoms with Gasteiger partial charge in [0.1, 0.15) is 13.2 Å². The maximum atomic E-state index is 12.5. The summed E-state index contributed by atoms with van der Waals surface area (Å²) in [4.78, 5) is 12.5. The van der Waals surface area contributed by atoms with Crippen LogP contribution in [0.4, 0.5) is 0 Å². The first kappa shape index (κ1) is 13.9. The van der Waals surface area contributed by atoms with Crippen molar-refractivity contribution in [1.82, 2.24) is 0 Å². The molecule has 0 spiro atoms. The molecule has 20 heavy (non-hydrogen) atoms. The van der Waals surface area contributed by atoms with E-state index in [2.05, 4.69) is 38.5 Å². The van der Waals surface area contributed by atoms with Gasteiger partial charge in [-0.25, -0.2) is 0 Å². The Morgan fingerprint density at radius 3 is 2.30 bits per heavy atom. The number of carbonyl (C=O) groups excluding carboxylic acids is 1. The maximum Gasteiger partial charge on any atom is 0.194 e. The first-order valence-corrected chi connectivity index (χ1v) is 7.92. The molecule has 0 saturated heterocycles. The molecule has 0 aliphatic carbocycles. The lowest BCUT2D eigenvalue weighted by molar-refractivity contribution is 0.103. The van der Waals surface area contributed by atoms with Crippen molar-refractivity contribution in [2.75, 3.05) is 13.2 Å². The van der Waals surface area contributed by atoms with Crippen LogP contribution in [-0.2, 0) is 0 Å². The lowest BCUT2D eigenvalue weighted by Gasteiger charge is -2.19. The van der Waals surface area contributed by atoms with Crippen LogP contribution in [0.2, 0.25) is 0 Å². The Morgan fingerprint density at radius 2 is 1.65 bits per heavy atom. The van der Waals surface area contributed by atoms with Gasteiger partial charge >= 0.3 is 0 Å². The van der Waals surface area contributed by atoms with Crippen LogP contribution in [0.15, 0.2) is 40.9 Å². The van der Waals surface area contributed by atoms with Gasteiger partial charge in [0.2, 0.25) is 0 Å². The van der Waals surface area contributed by atoms with Crippen molar-refractivity contribution in [2.45, 2.75) is 0 Å². The van der Waals surface area contributed by atoms with Crippen LogP contribution >= 0.6 is 38.5 Å². The minimum absolute atomic E-state index is 0.0368. The van der Waals surface area contributed by atoms with Crippen LogP contribution in [0.3, 0.4) is 0 Å². The topological polar surface area (TPSA) is 35.5 Å². The number of hydrogen-bond donors (Lipinski definition) is 0. The second-order valence-electron chi connectivity index (χ2n) is 4.31. The lowest BCUT2D eigenvalue weighted by Crippen LogP contribution is -2.16. The molecule has 102 valence electrons. The molecule has 0 unspecified atom stereocenters. The van der Waals surface area contributed by atoms with Gasteiger partial charge in [-0.3, -0.25) is 4.79 Å². The highest BCUT2D eigenvalue weighted by atomic mass is 127. The SMILES string of the molecule is O=C(c1ccc(I)cc1)c1cc2c(cc1Br)OCCO2. The molecule has 0 bridgehead atoms. The van der Waals surface area contributed by atoms with E-state index in [4.69, 9.17) is 9.47 Å². The molecule has 0 radical (unpaired) electrons. The number of ether oxygens (including phenoxy) is 2. The van der Waals surface area contributed by atoms with Gasteiger partial charge in [-0.05, 0) is 74.9 Å². The second-order valence-corrected chi connectivity index (χ2v) is 6.41. The standard InChI is InChI=1S/C15H10BrIO3/c16-12-8-14-13(19-5-6-20-14)7-11(12)15(18)9-1-3-10(17)4-2-9/h1-4,7-8H,5-6H2. The summed E-state index contributed by atoms with van der Waals surface area (Å²) in [6.07, 6.45) is 0. The van der Waals surface area contributed by atoms with Crippen molar-refractivity contribution in [3.05, 3.63) is 55.6 Å². The van der Waals surface area contributed by atoms with Gasteiger partial charge in [0.05, 0.1) is 0 Å². The normalized spacial score (nSPS) is 13.1. The number of ketones is 1. The van der Waals surface area contributed by atoms with E-state index in [-0.39, 0.29) is 5.78 Å². The van der Waals surface area contributed by atoms with E-state index >= 15 is 0 Å². The molecule has 0 N–H and O–H groups in total. The average Bonchev–Trinajstić information content (AvgIpc) is 2.46. The summed E-state index contributed by atoms with van der Waals surface area (Å²) in [6, 6.07) is 11.0. The molecule has 1 aliphatic rings. The van der Waals surface area contributed by atoms with Crippen molar-refractivity contribution in [3.8, 4) is 11.5 Å². The number of carbonyl (C=O) groups is 1. The average molecular weight is 445 g/mol. The molecule has 2 aromatic carbocycles. The number of fused-ring (bicyclic) bond motifs is 1. The van der Waals surface area contributed by atoms with Crippen molar-refractivity contribution in [3.63, 3.8) is 0 Å². The Bertz CT molecular complexity index is 668. The van der Waals surface area contributed by atoms with Crippen molar-refractivity contribution >= 4 is 44.3 Å². The predicted octanol–water partition coefficient (Wildman–Crippen LogP) is 4.06. The summed E-state index contributed by atoms with van der Waals surface area (Å²) in [5.74, 6) is 1.25. The van der Waals surface area contributed by atoms with E-state index in [9.17, 15) is 4.79 Å². The fourth-order valence-corrected chi connectivity index (χ4v) is 2.86. The van der Waals surface area contributed by atoms with E-state index in [1.165, 1.54) is 0 Å². The van der Waals surface area contributed by atoms with Crippen molar-refractivity contribution < 1.29 is 14.3 Å². The number of halogens is 2. The van der Waals surface area contributed by atoms with Crippen LogP contribution in [0.5, 0.6) is 11.5 Å². The summed E-state index contributed by atoms with van der Waals surface area (Å²) in [5.41, 5.74) is 1.23. The molecule has 3 nitrogen and oxygen atoms in total. The molecule has 1 heterocycles. The van der Waals surface area contributed by atoms with Crippen LogP contribution in [0.25, 0.3) is 0 Å². The quantitative estimate of drug-likeness (QED) is 0.517. The van der Waals surface area contributed by atoms with E-state index in [1.807, 2.05) is 24.3 Å². The molecule has 0 amide bonds. The molecule has 0 fully saturated rings. The summed E-state index contributed by atoms with van der Waals surface area (Å²) < 4.78 is 12.8. The van der Waals surface area contributed by atoms with E-state index < -0.39 is 0 Å². The maximum absolute atomic E-state index is 12.5. The number of hydrogen-bond acceptors (Lipinski definition) is 3. The van der Waals surface area contributed by atoms with Crippen molar-refractivity contribution in [1.29, 1.82) is 0 Å². The molecular weight excluding hydrogens is 435 g/mol. The van der Waals surface area contributed by atoms with Gasteiger partial charge in [0.15, 0.2) is 17.3 Å². The van der Waals surface area contributed by atoms with E-state index in [0.717, 1.165) is 3.57 Å². The molecular formula is C15H10BrIO3. The molecule has 2 aromatic rings. The third-order valence-electron chi connectivity index (χ3n) is 2.98. The zero-order valence-electron chi connectivity index (χ0n) is 10.4. The summed E-state index contributed by atoms with van der Waals surface area (Å²) in [6.45, 7) is 1.04. The fourth-order valence-electron chi connectivity index (χ4n) is 1.99. The first-order chi connectivity index (χ1) is 9.65. The Kier molecular flexibility index (Phi) is 3.98. The van der Waals surface area contributed by atoms with E-state index in [1.54, 1.807) is 12.1 Å². The molecule has 5 heteroatoms. The zero-order valence-corrected chi connectivity index (χ0v) is 14.1. The van der Waals surface area contributed by atoms with Gasteiger partial charge in [0.25, 0.3) is 0 Å². The Balaban J connectivity index is 2.01. The molecule has 1 aliphatic heterocycles. The highest BCUT2D eigenvalue weighted by Gasteiger charge is 2.19. The fraction of sp³-hybridized carbons (Fsp3) is 0.133. The van der Waals surface area contributed by atoms with Crippen LogP contribution < -0.4 is 9.47 Å². The van der Waals surface area contributed by atoms with Crippen molar-refractivity contribution in [2.24, 2.45) is 0 Å². The van der Waals surface area contributed by atoms with Gasteiger partial charge in [-0.2, -0.15) is 0 Å². The number of benzene rings is 2. The van der Waals surface area contributed by atoms with Crippen LogP contribution in [-0.4, -0.2) is 19.0 Å². The second kappa shape index (κ2) is 5.73. The smallest absolute Gasteiger partial charge is 0.194 e.